The second-order valence-electron chi connectivity index (χ2n) is 9.21. The summed E-state index contributed by atoms with van der Waals surface area (Å²) in [5.41, 5.74) is 0. The van der Waals surface area contributed by atoms with Gasteiger partial charge in [-0.25, -0.2) is 0 Å². The molecular weight excluding hydrogens is 531 g/mol. The number of carbonyl (C=O) groups excluding carboxylic acids is 2. The Kier molecular flexibility index (Phi) is 24.6. The van der Waals surface area contributed by atoms with Crippen LogP contribution in [0.5, 0.6) is 0 Å². The van der Waals surface area contributed by atoms with E-state index in [1.807, 2.05) is 0 Å². The first kappa shape index (κ1) is 36.0. The molecule has 0 fully saturated rings. The SMILES string of the molecule is CCCCCCCCCCCCCC(=O)OCCCO[PH](=O)OCCNC(=O)CCC(C)(C#N)SC=S. The lowest BCUT2D eigenvalue weighted by Crippen LogP contribution is -2.29. The number of nitrogens with zero attached hydrogens (tertiary/aromatic N) is 1. The van der Waals surface area contributed by atoms with Gasteiger partial charge in [0.05, 0.1) is 25.9 Å². The van der Waals surface area contributed by atoms with Crippen molar-refractivity contribution in [3.05, 3.63) is 0 Å². The lowest BCUT2D eigenvalue weighted by molar-refractivity contribution is -0.144. The van der Waals surface area contributed by atoms with Gasteiger partial charge in [0.1, 0.15) is 4.75 Å². The average Bonchev–Trinajstić information content (AvgIpc) is 2.88. The van der Waals surface area contributed by atoms with Crippen molar-refractivity contribution >= 4 is 48.8 Å². The zero-order valence-electron chi connectivity index (χ0n) is 22.7. The van der Waals surface area contributed by atoms with Crippen LogP contribution < -0.4 is 5.32 Å². The molecule has 0 heterocycles. The molecule has 0 saturated carbocycles. The normalized spacial score (nSPS) is 13.3. The highest BCUT2D eigenvalue weighted by Gasteiger charge is 2.24. The predicted octanol–water partition coefficient (Wildman–Crippen LogP) is 6.91. The second kappa shape index (κ2) is 25.3. The Balaban J connectivity index is 3.53. The van der Waals surface area contributed by atoms with Gasteiger partial charge in [-0.2, -0.15) is 5.26 Å². The molecule has 37 heavy (non-hydrogen) atoms. The van der Waals surface area contributed by atoms with E-state index in [0.717, 1.165) is 12.8 Å². The van der Waals surface area contributed by atoms with Crippen LogP contribution in [-0.2, 0) is 27.9 Å². The first-order chi connectivity index (χ1) is 17.9. The first-order valence-electron chi connectivity index (χ1n) is 13.6. The predicted molar refractivity (Wildman–Crippen MR) is 155 cm³/mol. The Labute approximate surface area is 234 Å². The highest BCUT2D eigenvalue weighted by atomic mass is 32.2. The molecule has 0 rings (SSSR count). The molecule has 11 heteroatoms. The van der Waals surface area contributed by atoms with Gasteiger partial charge >= 0.3 is 14.2 Å². The fourth-order valence-electron chi connectivity index (χ4n) is 3.46. The van der Waals surface area contributed by atoms with Gasteiger partial charge in [0, 0.05) is 30.5 Å². The summed E-state index contributed by atoms with van der Waals surface area (Å²) in [7, 11) is -2.67. The zero-order chi connectivity index (χ0) is 27.6. The van der Waals surface area contributed by atoms with Crippen molar-refractivity contribution in [3.63, 3.8) is 0 Å². The third-order valence-electron chi connectivity index (χ3n) is 5.77. The van der Waals surface area contributed by atoms with Crippen molar-refractivity contribution in [2.24, 2.45) is 0 Å². The van der Waals surface area contributed by atoms with Crippen molar-refractivity contribution in [1.29, 1.82) is 5.26 Å². The van der Waals surface area contributed by atoms with Crippen molar-refractivity contribution in [2.75, 3.05) is 26.4 Å². The maximum atomic E-state index is 11.9. The molecule has 0 aromatic rings. The minimum absolute atomic E-state index is 0.0572. The molecule has 0 bridgehead atoms. The topological polar surface area (TPSA) is 115 Å². The van der Waals surface area contributed by atoms with Gasteiger partial charge < -0.3 is 19.1 Å². The van der Waals surface area contributed by atoms with Crippen LogP contribution in [0.2, 0.25) is 0 Å². The molecule has 0 spiro atoms. The Bertz CT molecular complexity index is 692. The number of hydrogen-bond donors (Lipinski definition) is 1. The molecular formula is C26H47N2O6PS2. The molecule has 1 N–H and O–H groups in total. The van der Waals surface area contributed by atoms with Crippen molar-refractivity contribution in [3.8, 4) is 6.07 Å². The van der Waals surface area contributed by atoms with Crippen molar-refractivity contribution < 1.29 is 27.9 Å². The number of unbranched alkanes of at least 4 members (excludes halogenated alkanes) is 10. The quantitative estimate of drug-likeness (QED) is 0.0506. The largest absolute Gasteiger partial charge is 0.466 e. The van der Waals surface area contributed by atoms with Crippen LogP contribution in [0.4, 0.5) is 0 Å². The van der Waals surface area contributed by atoms with E-state index in [9.17, 15) is 19.4 Å². The van der Waals surface area contributed by atoms with Gasteiger partial charge in [0.15, 0.2) is 0 Å². The fraction of sp³-hybridized carbons (Fsp3) is 0.846. The molecule has 2 atom stereocenters. The Morgan fingerprint density at radius 2 is 1.54 bits per heavy atom. The minimum Gasteiger partial charge on any atom is -0.466 e. The van der Waals surface area contributed by atoms with Crippen LogP contribution in [0.15, 0.2) is 0 Å². The maximum absolute atomic E-state index is 11.9. The minimum atomic E-state index is -2.67. The smallest absolute Gasteiger partial charge is 0.319 e. The third-order valence-corrected chi connectivity index (χ3v) is 7.85. The first-order valence-corrected chi connectivity index (χ1v) is 16.2. The molecule has 0 radical (unpaired) electrons. The molecule has 214 valence electrons. The van der Waals surface area contributed by atoms with Crippen LogP contribution in [0.3, 0.4) is 0 Å². The van der Waals surface area contributed by atoms with Crippen LogP contribution in [-0.4, -0.2) is 47.7 Å². The highest BCUT2D eigenvalue weighted by Crippen LogP contribution is 2.27. The molecule has 0 aliphatic rings. The fourth-order valence-corrected chi connectivity index (χ4v) is 5.25. The van der Waals surface area contributed by atoms with E-state index in [1.165, 1.54) is 74.2 Å². The number of nitrogens with one attached hydrogen (secondary N) is 1. The van der Waals surface area contributed by atoms with Crippen LogP contribution in [0, 0.1) is 11.3 Å². The number of nitriles is 1. The zero-order valence-corrected chi connectivity index (χ0v) is 25.4. The van der Waals surface area contributed by atoms with Crippen LogP contribution in [0.1, 0.15) is 110 Å². The van der Waals surface area contributed by atoms with E-state index in [4.69, 9.17) is 26.0 Å². The summed E-state index contributed by atoms with van der Waals surface area (Å²) >= 11 is 5.98. The number of amides is 1. The lowest BCUT2D eigenvalue weighted by Gasteiger charge is -2.17. The van der Waals surface area contributed by atoms with Gasteiger partial charge in [0.2, 0.25) is 5.91 Å². The third kappa shape index (κ3) is 23.8. The van der Waals surface area contributed by atoms with E-state index in [0.29, 0.717) is 19.3 Å². The molecule has 0 aromatic heterocycles. The summed E-state index contributed by atoms with van der Waals surface area (Å²) in [5.74, 6) is -0.419. The van der Waals surface area contributed by atoms with Gasteiger partial charge in [-0.05, 0) is 19.8 Å². The summed E-state index contributed by atoms with van der Waals surface area (Å²) in [5, 5.41) is 11.8. The van der Waals surface area contributed by atoms with Gasteiger partial charge in [-0.1, -0.05) is 83.3 Å². The van der Waals surface area contributed by atoms with E-state index in [2.05, 4.69) is 18.3 Å². The number of esters is 1. The highest BCUT2D eigenvalue weighted by molar-refractivity contribution is 8.21. The molecule has 2 unspecified atom stereocenters. The number of ether oxygens (including phenoxy) is 1. The molecule has 8 nitrogen and oxygen atoms in total. The van der Waals surface area contributed by atoms with Crippen molar-refractivity contribution in [1.82, 2.24) is 5.32 Å². The summed E-state index contributed by atoms with van der Waals surface area (Å²) < 4.78 is 27.8. The second-order valence-corrected chi connectivity index (χ2v) is 12.2. The number of rotatable bonds is 26. The summed E-state index contributed by atoms with van der Waals surface area (Å²) in [6.07, 6.45) is 15.1. The Morgan fingerprint density at radius 1 is 0.946 bits per heavy atom. The van der Waals surface area contributed by atoms with Crippen LogP contribution in [0.25, 0.3) is 0 Å². The summed E-state index contributed by atoms with van der Waals surface area (Å²) in [6.45, 7) is 4.62. The lowest BCUT2D eigenvalue weighted by atomic mass is 10.1. The van der Waals surface area contributed by atoms with E-state index in [-0.39, 0.29) is 44.7 Å². The maximum Gasteiger partial charge on any atom is 0.319 e. The number of thioether (sulfide) groups is 1. The molecule has 0 aromatic carbocycles. The van der Waals surface area contributed by atoms with Gasteiger partial charge in [-0.3, -0.25) is 14.2 Å². The molecule has 0 saturated heterocycles. The van der Waals surface area contributed by atoms with Crippen molar-refractivity contribution in [2.45, 2.75) is 115 Å². The Morgan fingerprint density at radius 3 is 2.14 bits per heavy atom. The molecule has 0 aliphatic heterocycles. The van der Waals surface area contributed by atoms with E-state index >= 15 is 0 Å². The average molecular weight is 579 g/mol. The van der Waals surface area contributed by atoms with Gasteiger partial charge in [0.25, 0.3) is 0 Å². The number of hydrogen-bond acceptors (Lipinski definition) is 9. The van der Waals surface area contributed by atoms with Gasteiger partial charge in [-0.15, -0.1) is 11.8 Å². The standard InChI is InChI=1S/C26H47N2O6PS2/c1-3-4-5-6-7-8-9-10-11-12-13-15-25(30)32-19-14-20-33-35(31)34-21-18-28-24(29)16-17-26(2,22-27)37-23-36/h23,35H,3-21H2,1-2H3,(H,28,29). The Hall–Kier alpha value is -0.980. The number of carbonyl (C=O) groups is 2. The van der Waals surface area contributed by atoms with Crippen LogP contribution >= 0.6 is 32.2 Å². The molecule has 0 aliphatic carbocycles. The molecule has 1 amide bonds. The number of thiocarbonyl (C=S) groups is 1. The summed E-state index contributed by atoms with van der Waals surface area (Å²) in [4.78, 5) is 23.6. The monoisotopic (exact) mass is 578 g/mol. The van der Waals surface area contributed by atoms with E-state index < -0.39 is 13.0 Å². The summed E-state index contributed by atoms with van der Waals surface area (Å²) in [6, 6.07) is 2.15. The van der Waals surface area contributed by atoms with E-state index in [1.54, 1.807) is 6.92 Å².